The van der Waals surface area contributed by atoms with Crippen molar-refractivity contribution in [3.63, 3.8) is 0 Å². The highest BCUT2D eigenvalue weighted by molar-refractivity contribution is 7.86. The van der Waals surface area contributed by atoms with E-state index in [-0.39, 0.29) is 10.4 Å². The zero-order chi connectivity index (χ0) is 11.2. The van der Waals surface area contributed by atoms with Gasteiger partial charge in [0.25, 0.3) is 10.1 Å². The molecule has 1 heterocycles. The zero-order valence-corrected chi connectivity index (χ0v) is 8.84. The summed E-state index contributed by atoms with van der Waals surface area (Å²) in [5, 5.41) is 9.56. The summed E-state index contributed by atoms with van der Waals surface area (Å²) in [7, 11) is -4.52. The van der Waals surface area contributed by atoms with E-state index in [1.165, 1.54) is 6.07 Å². The molecule has 0 bridgehead atoms. The number of aromatic hydroxyl groups is 1. The van der Waals surface area contributed by atoms with E-state index in [0.29, 0.717) is 5.52 Å². The van der Waals surface area contributed by atoms with Crippen molar-refractivity contribution in [1.29, 1.82) is 0 Å². The molecule has 0 aliphatic heterocycles. The molecule has 15 heavy (non-hydrogen) atoms. The smallest absolute Gasteiger partial charge is 0.299 e. The summed E-state index contributed by atoms with van der Waals surface area (Å²) in [5.74, 6) is -0.545. The molecule has 6 nitrogen and oxygen atoms in total. The molecule has 0 saturated heterocycles. The fourth-order valence-corrected chi connectivity index (χ4v) is 2.80. The van der Waals surface area contributed by atoms with Crippen molar-refractivity contribution >= 4 is 37.6 Å². The SMILES string of the molecule is Nc1snc2ccc(O)c(S(=O)(=O)O)c12. The number of aromatic nitrogens is 1. The van der Waals surface area contributed by atoms with Gasteiger partial charge in [0, 0.05) is 0 Å². The summed E-state index contributed by atoms with van der Waals surface area (Å²) in [6.07, 6.45) is 0. The van der Waals surface area contributed by atoms with Crippen molar-refractivity contribution in [2.45, 2.75) is 4.90 Å². The van der Waals surface area contributed by atoms with Crippen molar-refractivity contribution in [2.75, 3.05) is 5.73 Å². The van der Waals surface area contributed by atoms with Gasteiger partial charge in [-0.2, -0.15) is 12.8 Å². The Hall–Kier alpha value is -1.38. The van der Waals surface area contributed by atoms with Crippen LogP contribution in [0.25, 0.3) is 10.9 Å². The molecule has 0 saturated carbocycles. The van der Waals surface area contributed by atoms with E-state index >= 15 is 0 Å². The van der Waals surface area contributed by atoms with Crippen LogP contribution in [-0.2, 0) is 10.1 Å². The highest BCUT2D eigenvalue weighted by Crippen LogP contribution is 2.36. The van der Waals surface area contributed by atoms with Crippen LogP contribution in [0.3, 0.4) is 0 Å². The number of nitrogen functional groups attached to an aromatic ring is 1. The summed E-state index contributed by atoms with van der Waals surface area (Å²) in [6, 6.07) is 2.57. The first-order valence-corrected chi connectivity index (χ1v) is 5.97. The Kier molecular flexibility index (Phi) is 2.07. The van der Waals surface area contributed by atoms with Crippen molar-refractivity contribution in [2.24, 2.45) is 0 Å². The largest absolute Gasteiger partial charge is 0.506 e. The molecule has 0 fully saturated rings. The Balaban J connectivity index is 3.04. The van der Waals surface area contributed by atoms with Crippen LogP contribution < -0.4 is 5.73 Å². The second-order valence-electron chi connectivity index (χ2n) is 2.83. The number of nitrogens with zero attached hydrogens (tertiary/aromatic N) is 1. The molecule has 0 unspecified atom stereocenters. The third-order valence-electron chi connectivity index (χ3n) is 1.86. The van der Waals surface area contributed by atoms with E-state index in [4.69, 9.17) is 10.3 Å². The Labute approximate surface area is 88.9 Å². The van der Waals surface area contributed by atoms with Crippen molar-refractivity contribution in [3.05, 3.63) is 12.1 Å². The lowest BCUT2D eigenvalue weighted by Gasteiger charge is -2.02. The van der Waals surface area contributed by atoms with Gasteiger partial charge < -0.3 is 10.8 Å². The van der Waals surface area contributed by atoms with Crippen molar-refractivity contribution in [3.8, 4) is 5.75 Å². The molecule has 1 aromatic heterocycles. The highest BCUT2D eigenvalue weighted by atomic mass is 32.2. The number of hydrogen-bond acceptors (Lipinski definition) is 6. The van der Waals surface area contributed by atoms with Gasteiger partial charge in [0.05, 0.1) is 10.9 Å². The Morgan fingerprint density at radius 2 is 2.07 bits per heavy atom. The summed E-state index contributed by atoms with van der Waals surface area (Å²) < 4.78 is 34.9. The van der Waals surface area contributed by atoms with E-state index < -0.39 is 20.8 Å². The van der Waals surface area contributed by atoms with Crippen LogP contribution in [0.2, 0.25) is 0 Å². The van der Waals surface area contributed by atoms with Crippen LogP contribution in [0.4, 0.5) is 5.00 Å². The molecule has 0 aliphatic rings. The van der Waals surface area contributed by atoms with Gasteiger partial charge in [-0.15, -0.1) is 0 Å². The first-order chi connectivity index (χ1) is 6.91. The van der Waals surface area contributed by atoms with E-state index in [1.54, 1.807) is 0 Å². The maximum atomic E-state index is 11.0. The molecule has 8 heteroatoms. The molecule has 0 aliphatic carbocycles. The van der Waals surface area contributed by atoms with Crippen molar-refractivity contribution in [1.82, 2.24) is 4.37 Å². The molecule has 0 atom stereocenters. The van der Waals surface area contributed by atoms with Crippen LogP contribution in [0.15, 0.2) is 17.0 Å². The van der Waals surface area contributed by atoms with Crippen LogP contribution in [0.1, 0.15) is 0 Å². The predicted octanol–water partition coefficient (Wildman–Crippen LogP) is 0.831. The summed E-state index contributed by atoms with van der Waals surface area (Å²) in [4.78, 5) is -0.591. The maximum absolute atomic E-state index is 11.0. The van der Waals surface area contributed by atoms with Gasteiger partial charge in [-0.05, 0) is 23.7 Å². The topological polar surface area (TPSA) is 114 Å². The van der Waals surface area contributed by atoms with E-state index in [0.717, 1.165) is 17.6 Å². The fraction of sp³-hybridized carbons (Fsp3) is 0. The molecular formula is C7H6N2O4S2. The third kappa shape index (κ3) is 1.52. The number of hydrogen-bond donors (Lipinski definition) is 3. The maximum Gasteiger partial charge on any atom is 0.299 e. The molecule has 0 spiro atoms. The van der Waals surface area contributed by atoms with Gasteiger partial charge in [-0.1, -0.05) is 0 Å². The molecule has 0 amide bonds. The number of rotatable bonds is 1. The van der Waals surface area contributed by atoms with Gasteiger partial charge >= 0.3 is 0 Å². The lowest BCUT2D eigenvalue weighted by Crippen LogP contribution is -2.00. The highest BCUT2D eigenvalue weighted by Gasteiger charge is 2.22. The molecule has 4 N–H and O–H groups in total. The number of phenols is 1. The number of benzene rings is 1. The molecule has 0 radical (unpaired) electrons. The fourth-order valence-electron chi connectivity index (χ4n) is 1.28. The predicted molar refractivity (Wildman–Crippen MR) is 55.5 cm³/mol. The van der Waals surface area contributed by atoms with E-state index in [2.05, 4.69) is 4.37 Å². The number of phenolic OH excluding ortho intramolecular Hbond substituents is 1. The second kappa shape index (κ2) is 3.05. The Morgan fingerprint density at radius 1 is 1.40 bits per heavy atom. The standard InChI is InChI=1S/C7H6N2O4S2/c8-7-5-3(9-14-7)1-2-4(10)6(5)15(11,12)13/h1-2,10H,8H2,(H,11,12,13). The average molecular weight is 246 g/mol. The monoisotopic (exact) mass is 246 g/mol. The Bertz CT molecular complexity index is 632. The van der Waals surface area contributed by atoms with Crippen LogP contribution in [0, 0.1) is 0 Å². The van der Waals surface area contributed by atoms with Gasteiger partial charge in [0.1, 0.15) is 15.6 Å². The average Bonchev–Trinajstić information content (AvgIpc) is 2.46. The number of fused-ring (bicyclic) bond motifs is 1. The lowest BCUT2D eigenvalue weighted by molar-refractivity contribution is 0.445. The number of anilines is 1. The minimum absolute atomic E-state index is 0.0579. The second-order valence-corrected chi connectivity index (χ2v) is 4.99. The Morgan fingerprint density at radius 3 is 2.67 bits per heavy atom. The first-order valence-electron chi connectivity index (χ1n) is 3.75. The summed E-state index contributed by atoms with van der Waals surface area (Å²) in [5.41, 5.74) is 5.83. The van der Waals surface area contributed by atoms with Crippen LogP contribution in [-0.4, -0.2) is 22.5 Å². The normalized spacial score (nSPS) is 12.1. The lowest BCUT2D eigenvalue weighted by atomic mass is 10.2. The van der Waals surface area contributed by atoms with Crippen molar-refractivity contribution < 1.29 is 18.1 Å². The van der Waals surface area contributed by atoms with Gasteiger partial charge in [0.2, 0.25) is 0 Å². The van der Waals surface area contributed by atoms with Gasteiger partial charge in [-0.25, -0.2) is 0 Å². The molecule has 2 aromatic rings. The summed E-state index contributed by atoms with van der Waals surface area (Å²) >= 11 is 0.898. The van der Waals surface area contributed by atoms with Crippen LogP contribution >= 0.6 is 11.5 Å². The quantitative estimate of drug-likeness (QED) is 0.642. The molecule has 80 valence electrons. The minimum Gasteiger partial charge on any atom is -0.506 e. The van der Waals surface area contributed by atoms with E-state index in [1.807, 2.05) is 0 Å². The van der Waals surface area contributed by atoms with E-state index in [9.17, 15) is 13.5 Å². The first kappa shape index (κ1) is 10.1. The molecule has 2 rings (SSSR count). The number of nitrogens with two attached hydrogens (primary N) is 1. The molecular weight excluding hydrogens is 240 g/mol. The minimum atomic E-state index is -4.52. The third-order valence-corrected chi connectivity index (χ3v) is 3.48. The summed E-state index contributed by atoms with van der Waals surface area (Å²) in [6.45, 7) is 0. The van der Waals surface area contributed by atoms with Gasteiger partial charge in [-0.3, -0.25) is 4.55 Å². The van der Waals surface area contributed by atoms with Crippen LogP contribution in [0.5, 0.6) is 5.75 Å². The van der Waals surface area contributed by atoms with Gasteiger partial charge in [0.15, 0.2) is 0 Å². The molecule has 1 aromatic carbocycles. The zero-order valence-electron chi connectivity index (χ0n) is 7.21.